The molecule has 0 aliphatic carbocycles. The third-order valence-electron chi connectivity index (χ3n) is 5.65. The van der Waals surface area contributed by atoms with Crippen LogP contribution in [0.1, 0.15) is 28.0 Å². The molecule has 8 nitrogen and oxygen atoms in total. The van der Waals surface area contributed by atoms with Crippen molar-refractivity contribution in [1.29, 1.82) is 0 Å². The number of benzene rings is 2. The van der Waals surface area contributed by atoms with Crippen LogP contribution in [0.5, 0.6) is 0 Å². The molecule has 4 rings (SSSR count). The predicted molar refractivity (Wildman–Crippen MR) is 125 cm³/mol. The van der Waals surface area contributed by atoms with Crippen LogP contribution in [0.2, 0.25) is 0 Å². The molecule has 1 aromatic heterocycles. The molecule has 1 saturated heterocycles. The van der Waals surface area contributed by atoms with E-state index in [1.165, 1.54) is 16.4 Å². The molecule has 0 bridgehead atoms. The van der Waals surface area contributed by atoms with Gasteiger partial charge in [-0.05, 0) is 61.7 Å². The van der Waals surface area contributed by atoms with Crippen molar-refractivity contribution in [2.45, 2.75) is 24.7 Å². The van der Waals surface area contributed by atoms with Gasteiger partial charge in [-0.1, -0.05) is 18.2 Å². The van der Waals surface area contributed by atoms with E-state index < -0.39 is 10.0 Å². The fraction of sp³-hybridized carbons (Fsp3) is 0.333. The van der Waals surface area contributed by atoms with Gasteiger partial charge in [0, 0.05) is 31.4 Å². The van der Waals surface area contributed by atoms with E-state index in [9.17, 15) is 13.2 Å². The number of ether oxygens (including phenoxy) is 1. The summed E-state index contributed by atoms with van der Waals surface area (Å²) in [6.07, 6.45) is 3.60. The normalized spacial score (nSPS) is 14.8. The van der Waals surface area contributed by atoms with Crippen LogP contribution < -0.4 is 5.32 Å². The molecule has 9 heteroatoms. The Hall–Kier alpha value is -3.01. The number of amides is 1. The average Bonchev–Trinajstić information content (AvgIpc) is 3.23. The minimum Gasteiger partial charge on any atom is -0.379 e. The van der Waals surface area contributed by atoms with E-state index in [1.54, 1.807) is 12.1 Å². The molecule has 2 heterocycles. The van der Waals surface area contributed by atoms with Crippen molar-refractivity contribution in [3.63, 3.8) is 0 Å². The monoisotopic (exact) mass is 468 g/mol. The van der Waals surface area contributed by atoms with Gasteiger partial charge in [0.1, 0.15) is 0 Å². The summed E-state index contributed by atoms with van der Waals surface area (Å²) in [4.78, 5) is 12.7. The molecular weight excluding hydrogens is 440 g/mol. The van der Waals surface area contributed by atoms with E-state index in [0.717, 1.165) is 29.8 Å². The zero-order valence-electron chi connectivity index (χ0n) is 18.6. The molecule has 1 aliphatic rings. The van der Waals surface area contributed by atoms with E-state index in [0.29, 0.717) is 38.4 Å². The number of morpholine rings is 1. The van der Waals surface area contributed by atoms with Gasteiger partial charge in [-0.15, -0.1) is 0 Å². The number of nitrogens with one attached hydrogen (secondary N) is 1. The standard InChI is InChI=1S/C24H28N4O4S/c1-19-21(18-28(26-19)22-7-3-2-4-8-22)6-5-13-25-24(29)20-9-11-23(12-10-20)33(30,31)27-14-16-32-17-15-27/h2-4,7-12,18H,5-6,13-17H2,1H3,(H,25,29). The van der Waals surface area contributed by atoms with E-state index >= 15 is 0 Å². The largest absolute Gasteiger partial charge is 0.379 e. The predicted octanol–water partition coefficient (Wildman–Crippen LogP) is 2.56. The van der Waals surface area contributed by atoms with Crippen LogP contribution in [0.4, 0.5) is 0 Å². The summed E-state index contributed by atoms with van der Waals surface area (Å²) in [7, 11) is -3.56. The number of carbonyl (C=O) groups excluding carboxylic acids is 1. The van der Waals surface area contributed by atoms with Gasteiger partial charge in [0.2, 0.25) is 10.0 Å². The summed E-state index contributed by atoms with van der Waals surface area (Å²) >= 11 is 0. The van der Waals surface area contributed by atoms with Crippen LogP contribution in [0.25, 0.3) is 5.69 Å². The van der Waals surface area contributed by atoms with Crippen molar-refractivity contribution in [2.75, 3.05) is 32.8 Å². The second-order valence-corrected chi connectivity index (χ2v) is 9.86. The number of rotatable bonds is 8. The average molecular weight is 469 g/mol. The first kappa shape index (κ1) is 23.2. The molecular formula is C24H28N4O4S. The molecule has 174 valence electrons. The maximum Gasteiger partial charge on any atom is 0.251 e. The van der Waals surface area contributed by atoms with Crippen LogP contribution in [0, 0.1) is 6.92 Å². The SMILES string of the molecule is Cc1nn(-c2ccccc2)cc1CCCNC(=O)c1ccc(S(=O)(=O)N2CCOCC2)cc1. The Labute approximate surface area is 194 Å². The first-order chi connectivity index (χ1) is 15.9. The Morgan fingerprint density at radius 1 is 1.06 bits per heavy atom. The van der Waals surface area contributed by atoms with Crippen LogP contribution in [-0.4, -0.2) is 61.3 Å². The second-order valence-electron chi connectivity index (χ2n) is 7.92. The smallest absolute Gasteiger partial charge is 0.251 e. The van der Waals surface area contributed by atoms with Gasteiger partial charge in [0.05, 0.1) is 29.5 Å². The number of para-hydroxylation sites is 1. The minimum atomic E-state index is -3.56. The van der Waals surface area contributed by atoms with Crippen molar-refractivity contribution >= 4 is 15.9 Å². The highest BCUT2D eigenvalue weighted by molar-refractivity contribution is 7.89. The summed E-state index contributed by atoms with van der Waals surface area (Å²) in [6.45, 7) is 3.98. The van der Waals surface area contributed by atoms with Crippen LogP contribution in [0.3, 0.4) is 0 Å². The molecule has 0 spiro atoms. The molecule has 1 N–H and O–H groups in total. The first-order valence-corrected chi connectivity index (χ1v) is 12.5. The Morgan fingerprint density at radius 2 is 1.76 bits per heavy atom. The van der Waals surface area contributed by atoms with Gasteiger partial charge in [0.25, 0.3) is 5.91 Å². The van der Waals surface area contributed by atoms with Crippen molar-refractivity contribution in [3.05, 3.63) is 77.6 Å². The quantitative estimate of drug-likeness (QED) is 0.513. The molecule has 1 aliphatic heterocycles. The zero-order valence-corrected chi connectivity index (χ0v) is 19.4. The molecule has 33 heavy (non-hydrogen) atoms. The van der Waals surface area contributed by atoms with Crippen LogP contribution >= 0.6 is 0 Å². The number of hydrogen-bond donors (Lipinski definition) is 1. The number of aromatic nitrogens is 2. The van der Waals surface area contributed by atoms with Crippen molar-refractivity contribution in [2.24, 2.45) is 0 Å². The maximum atomic E-state index is 12.7. The highest BCUT2D eigenvalue weighted by Crippen LogP contribution is 2.18. The number of aryl methyl sites for hydroxylation is 2. The lowest BCUT2D eigenvalue weighted by Crippen LogP contribution is -2.40. The van der Waals surface area contributed by atoms with Crippen molar-refractivity contribution in [3.8, 4) is 5.69 Å². The third kappa shape index (κ3) is 5.50. The van der Waals surface area contributed by atoms with Crippen LogP contribution in [-0.2, 0) is 21.2 Å². The Bertz CT molecular complexity index is 1180. The molecule has 1 amide bonds. The number of nitrogens with zero attached hydrogens (tertiary/aromatic N) is 3. The first-order valence-electron chi connectivity index (χ1n) is 11.0. The minimum absolute atomic E-state index is 0.187. The van der Waals surface area contributed by atoms with Gasteiger partial charge in [-0.3, -0.25) is 4.79 Å². The maximum absolute atomic E-state index is 12.7. The van der Waals surface area contributed by atoms with Crippen molar-refractivity contribution in [1.82, 2.24) is 19.4 Å². The lowest BCUT2D eigenvalue weighted by atomic mass is 10.1. The Kier molecular flexibility index (Phi) is 7.22. The van der Waals surface area contributed by atoms with Crippen LogP contribution in [0.15, 0.2) is 65.7 Å². The number of hydrogen-bond acceptors (Lipinski definition) is 5. The molecule has 0 radical (unpaired) electrons. The topological polar surface area (TPSA) is 93.5 Å². The summed E-state index contributed by atoms with van der Waals surface area (Å²) in [5, 5.41) is 7.48. The summed E-state index contributed by atoms with van der Waals surface area (Å²) in [6, 6.07) is 16.0. The summed E-state index contributed by atoms with van der Waals surface area (Å²) in [5.74, 6) is -0.220. The summed E-state index contributed by atoms with van der Waals surface area (Å²) in [5.41, 5.74) is 3.57. The Morgan fingerprint density at radius 3 is 2.45 bits per heavy atom. The Balaban J connectivity index is 1.28. The lowest BCUT2D eigenvalue weighted by Gasteiger charge is -2.26. The number of sulfonamides is 1. The van der Waals surface area contributed by atoms with Gasteiger partial charge in [-0.2, -0.15) is 9.40 Å². The zero-order chi connectivity index (χ0) is 23.3. The molecule has 0 saturated carbocycles. The summed E-state index contributed by atoms with van der Waals surface area (Å²) < 4.78 is 33.9. The van der Waals surface area contributed by atoms with E-state index in [4.69, 9.17) is 4.74 Å². The van der Waals surface area contributed by atoms with Crippen molar-refractivity contribution < 1.29 is 17.9 Å². The lowest BCUT2D eigenvalue weighted by molar-refractivity contribution is 0.0730. The number of carbonyl (C=O) groups is 1. The van der Waals surface area contributed by atoms with E-state index in [-0.39, 0.29) is 10.8 Å². The second kappa shape index (κ2) is 10.3. The molecule has 3 aromatic rings. The highest BCUT2D eigenvalue weighted by Gasteiger charge is 2.26. The third-order valence-corrected chi connectivity index (χ3v) is 7.57. The van der Waals surface area contributed by atoms with Gasteiger partial charge >= 0.3 is 0 Å². The van der Waals surface area contributed by atoms with Gasteiger partial charge < -0.3 is 10.1 Å². The van der Waals surface area contributed by atoms with E-state index in [1.807, 2.05) is 48.1 Å². The molecule has 0 atom stereocenters. The van der Waals surface area contributed by atoms with Gasteiger partial charge in [0.15, 0.2) is 0 Å². The molecule has 0 unspecified atom stereocenters. The fourth-order valence-electron chi connectivity index (χ4n) is 3.75. The van der Waals surface area contributed by atoms with E-state index in [2.05, 4.69) is 10.4 Å². The highest BCUT2D eigenvalue weighted by atomic mass is 32.2. The van der Waals surface area contributed by atoms with Gasteiger partial charge in [-0.25, -0.2) is 13.1 Å². The molecule has 1 fully saturated rings. The fourth-order valence-corrected chi connectivity index (χ4v) is 5.16. The molecule has 2 aromatic carbocycles.